The Bertz CT molecular complexity index is 194. The summed E-state index contributed by atoms with van der Waals surface area (Å²) in [5.41, 5.74) is 0. The highest BCUT2D eigenvalue weighted by atomic mass is 16.5. The lowest BCUT2D eigenvalue weighted by Gasteiger charge is -2.16. The molecular formula is C20H42O2. The van der Waals surface area contributed by atoms with Crippen LogP contribution in [0.2, 0.25) is 0 Å². The van der Waals surface area contributed by atoms with Crippen LogP contribution < -0.4 is 0 Å². The molecule has 0 heterocycles. The molecule has 134 valence electrons. The molecule has 0 spiro atoms. The second-order valence-electron chi connectivity index (χ2n) is 6.62. The van der Waals surface area contributed by atoms with E-state index in [1.165, 1.54) is 89.9 Å². The smallest absolute Gasteiger partial charge is 0.0575 e. The molecule has 2 heteroatoms. The first-order valence-corrected chi connectivity index (χ1v) is 10.1. The number of unbranched alkanes of at least 4 members (excludes halogenated alkanes) is 11. The number of ether oxygens (including phenoxy) is 1. The fraction of sp³-hybridized carbons (Fsp3) is 1.00. The molecule has 22 heavy (non-hydrogen) atoms. The lowest BCUT2D eigenvalue weighted by molar-refractivity contribution is 0.0470. The minimum Gasteiger partial charge on any atom is -0.396 e. The van der Waals surface area contributed by atoms with Crippen molar-refractivity contribution in [2.24, 2.45) is 0 Å². The van der Waals surface area contributed by atoms with Gasteiger partial charge >= 0.3 is 0 Å². The molecule has 0 saturated carbocycles. The van der Waals surface area contributed by atoms with E-state index in [0.29, 0.717) is 12.7 Å². The molecule has 2 nitrogen and oxygen atoms in total. The number of aliphatic hydroxyl groups excluding tert-OH is 1. The van der Waals surface area contributed by atoms with Gasteiger partial charge in [0.2, 0.25) is 0 Å². The van der Waals surface area contributed by atoms with Crippen LogP contribution in [0.1, 0.15) is 110 Å². The standard InChI is InChI=1S/C20H42O2/c1-3-5-6-14-17-20(22-4-2)18-15-12-10-8-7-9-11-13-16-19-21/h20-21H,3-19H2,1-2H3. The van der Waals surface area contributed by atoms with Crippen molar-refractivity contribution in [1.82, 2.24) is 0 Å². The normalized spacial score (nSPS) is 12.7. The zero-order chi connectivity index (χ0) is 16.3. The number of hydrogen-bond donors (Lipinski definition) is 1. The molecule has 0 rings (SSSR count). The van der Waals surface area contributed by atoms with Crippen LogP contribution in [0.3, 0.4) is 0 Å². The van der Waals surface area contributed by atoms with Crippen LogP contribution in [-0.2, 0) is 4.74 Å². The van der Waals surface area contributed by atoms with Gasteiger partial charge in [-0.3, -0.25) is 0 Å². The molecule has 0 radical (unpaired) electrons. The summed E-state index contributed by atoms with van der Waals surface area (Å²) in [7, 11) is 0. The lowest BCUT2D eigenvalue weighted by Crippen LogP contribution is -2.12. The van der Waals surface area contributed by atoms with E-state index in [2.05, 4.69) is 13.8 Å². The summed E-state index contributed by atoms with van der Waals surface area (Å²) in [6, 6.07) is 0. The van der Waals surface area contributed by atoms with Crippen LogP contribution >= 0.6 is 0 Å². The quantitative estimate of drug-likeness (QED) is 0.303. The Hall–Kier alpha value is -0.0800. The van der Waals surface area contributed by atoms with Gasteiger partial charge in [0.15, 0.2) is 0 Å². The van der Waals surface area contributed by atoms with Gasteiger partial charge in [0.05, 0.1) is 6.10 Å². The molecule has 0 amide bonds. The van der Waals surface area contributed by atoms with E-state index >= 15 is 0 Å². The van der Waals surface area contributed by atoms with Crippen LogP contribution in [-0.4, -0.2) is 24.4 Å². The summed E-state index contributed by atoms with van der Waals surface area (Å²) in [5.74, 6) is 0. The third kappa shape index (κ3) is 16.3. The van der Waals surface area contributed by atoms with E-state index < -0.39 is 0 Å². The molecule has 0 fully saturated rings. The summed E-state index contributed by atoms with van der Waals surface area (Å²) in [6.45, 7) is 5.62. The van der Waals surface area contributed by atoms with E-state index in [4.69, 9.17) is 9.84 Å². The topological polar surface area (TPSA) is 29.5 Å². The highest BCUT2D eigenvalue weighted by Gasteiger charge is 2.07. The van der Waals surface area contributed by atoms with Gasteiger partial charge < -0.3 is 9.84 Å². The Morgan fingerprint density at radius 3 is 1.55 bits per heavy atom. The first-order chi connectivity index (χ1) is 10.8. The van der Waals surface area contributed by atoms with Crippen LogP contribution in [0, 0.1) is 0 Å². The molecule has 1 N–H and O–H groups in total. The third-order valence-corrected chi connectivity index (χ3v) is 4.47. The Morgan fingerprint density at radius 2 is 1.09 bits per heavy atom. The minimum atomic E-state index is 0.361. The van der Waals surface area contributed by atoms with E-state index in [-0.39, 0.29) is 0 Å². The van der Waals surface area contributed by atoms with Crippen LogP contribution in [0.4, 0.5) is 0 Å². The fourth-order valence-electron chi connectivity index (χ4n) is 3.07. The van der Waals surface area contributed by atoms with Crippen molar-refractivity contribution < 1.29 is 9.84 Å². The Morgan fingerprint density at radius 1 is 0.636 bits per heavy atom. The van der Waals surface area contributed by atoms with Gasteiger partial charge in [-0.15, -0.1) is 0 Å². The fourth-order valence-corrected chi connectivity index (χ4v) is 3.07. The van der Waals surface area contributed by atoms with E-state index in [9.17, 15) is 0 Å². The maximum atomic E-state index is 8.72. The van der Waals surface area contributed by atoms with Crippen LogP contribution in [0.15, 0.2) is 0 Å². The van der Waals surface area contributed by atoms with Gasteiger partial charge in [-0.1, -0.05) is 84.0 Å². The van der Waals surface area contributed by atoms with Gasteiger partial charge in [0.25, 0.3) is 0 Å². The average Bonchev–Trinajstić information content (AvgIpc) is 2.53. The number of aliphatic hydroxyl groups is 1. The van der Waals surface area contributed by atoms with Crippen molar-refractivity contribution >= 4 is 0 Å². The average molecular weight is 315 g/mol. The Kier molecular flexibility index (Phi) is 18.9. The molecule has 0 aromatic rings. The van der Waals surface area contributed by atoms with Crippen LogP contribution in [0.5, 0.6) is 0 Å². The second-order valence-corrected chi connectivity index (χ2v) is 6.62. The molecule has 0 bridgehead atoms. The van der Waals surface area contributed by atoms with Gasteiger partial charge in [0.1, 0.15) is 0 Å². The summed E-state index contributed by atoms with van der Waals surface area (Å²) in [4.78, 5) is 0. The summed E-state index contributed by atoms with van der Waals surface area (Å²) < 4.78 is 5.88. The van der Waals surface area contributed by atoms with E-state index in [0.717, 1.165) is 13.0 Å². The van der Waals surface area contributed by atoms with Crippen molar-refractivity contribution in [2.45, 2.75) is 116 Å². The molecule has 1 atom stereocenters. The van der Waals surface area contributed by atoms with Crippen molar-refractivity contribution in [3.63, 3.8) is 0 Å². The number of rotatable bonds is 18. The summed E-state index contributed by atoms with van der Waals surface area (Å²) >= 11 is 0. The number of hydrogen-bond acceptors (Lipinski definition) is 2. The molecule has 0 saturated heterocycles. The molecular weight excluding hydrogens is 272 g/mol. The van der Waals surface area contributed by atoms with Crippen molar-refractivity contribution in [2.75, 3.05) is 13.2 Å². The SMILES string of the molecule is CCCCCCC(CCCCCCCCCCCO)OCC. The zero-order valence-electron chi connectivity index (χ0n) is 15.5. The summed E-state index contributed by atoms with van der Waals surface area (Å²) in [6.07, 6.45) is 20.1. The van der Waals surface area contributed by atoms with Gasteiger partial charge in [-0.2, -0.15) is 0 Å². The van der Waals surface area contributed by atoms with Gasteiger partial charge in [-0.25, -0.2) is 0 Å². The van der Waals surface area contributed by atoms with E-state index in [1.807, 2.05) is 0 Å². The maximum absolute atomic E-state index is 8.72. The molecule has 0 aliphatic rings. The molecule has 0 aromatic heterocycles. The molecule has 0 aliphatic carbocycles. The van der Waals surface area contributed by atoms with Crippen molar-refractivity contribution in [3.05, 3.63) is 0 Å². The predicted molar refractivity (Wildman–Crippen MR) is 97.4 cm³/mol. The summed E-state index contributed by atoms with van der Waals surface area (Å²) in [5, 5.41) is 8.72. The first kappa shape index (κ1) is 21.9. The van der Waals surface area contributed by atoms with E-state index in [1.54, 1.807) is 0 Å². The highest BCUT2D eigenvalue weighted by molar-refractivity contribution is 4.60. The maximum Gasteiger partial charge on any atom is 0.0575 e. The lowest BCUT2D eigenvalue weighted by atomic mass is 10.0. The van der Waals surface area contributed by atoms with Crippen molar-refractivity contribution in [3.8, 4) is 0 Å². The first-order valence-electron chi connectivity index (χ1n) is 10.1. The predicted octanol–water partition coefficient (Wildman–Crippen LogP) is 6.26. The zero-order valence-corrected chi connectivity index (χ0v) is 15.5. The Labute approximate surface area is 140 Å². The van der Waals surface area contributed by atoms with Gasteiger partial charge in [0, 0.05) is 13.2 Å². The van der Waals surface area contributed by atoms with Crippen molar-refractivity contribution in [1.29, 1.82) is 0 Å². The Balaban J connectivity index is 3.36. The third-order valence-electron chi connectivity index (χ3n) is 4.47. The van der Waals surface area contributed by atoms with Gasteiger partial charge in [-0.05, 0) is 26.2 Å². The van der Waals surface area contributed by atoms with Crippen LogP contribution in [0.25, 0.3) is 0 Å². The molecule has 1 unspecified atom stereocenters. The largest absolute Gasteiger partial charge is 0.396 e. The second kappa shape index (κ2) is 19.0. The molecule has 0 aromatic carbocycles. The monoisotopic (exact) mass is 314 g/mol. The molecule has 0 aliphatic heterocycles. The minimum absolute atomic E-state index is 0.361. The highest BCUT2D eigenvalue weighted by Crippen LogP contribution is 2.16.